The number of thiophene rings is 1. The Kier molecular flexibility index (Phi) is 5.55. The highest BCUT2D eigenvalue weighted by atomic mass is 32.1. The van der Waals surface area contributed by atoms with Gasteiger partial charge in [0, 0.05) is 44.1 Å². The average molecular weight is 364 g/mol. The van der Waals surface area contributed by atoms with Crippen LogP contribution in [0.4, 0.5) is 9.18 Å². The maximum Gasteiger partial charge on any atom is 0.317 e. The number of hydrogen-bond acceptors (Lipinski definition) is 4. The van der Waals surface area contributed by atoms with Crippen LogP contribution in [0.25, 0.3) is 0 Å². The molecule has 1 saturated heterocycles. The van der Waals surface area contributed by atoms with Gasteiger partial charge in [0.2, 0.25) is 0 Å². The molecule has 3 rings (SSSR count). The van der Waals surface area contributed by atoms with E-state index in [1.807, 2.05) is 11.4 Å². The topological polar surface area (TPSA) is 61.8 Å². The van der Waals surface area contributed by atoms with E-state index in [1.165, 1.54) is 19.2 Å². The SMILES string of the molecule is COc1cc(F)cc(CNC(=O)N2C[C@@H](CO)[C@H](c3ccsc3)C2)c1. The van der Waals surface area contributed by atoms with Crippen LogP contribution in [0.15, 0.2) is 35.0 Å². The molecule has 0 unspecified atom stereocenters. The van der Waals surface area contributed by atoms with Crippen LogP contribution in [0.2, 0.25) is 0 Å². The fraction of sp³-hybridized carbons (Fsp3) is 0.389. The molecule has 0 radical (unpaired) electrons. The van der Waals surface area contributed by atoms with Gasteiger partial charge in [0.05, 0.1) is 7.11 Å². The van der Waals surface area contributed by atoms with E-state index in [0.29, 0.717) is 24.4 Å². The first-order valence-electron chi connectivity index (χ1n) is 8.10. The molecule has 5 nitrogen and oxygen atoms in total. The third-order valence-corrected chi connectivity index (χ3v) is 5.25. The van der Waals surface area contributed by atoms with Gasteiger partial charge in [0.1, 0.15) is 11.6 Å². The lowest BCUT2D eigenvalue weighted by atomic mass is 9.92. The number of halogens is 1. The lowest BCUT2D eigenvalue weighted by Crippen LogP contribution is -2.38. The van der Waals surface area contributed by atoms with Crippen LogP contribution in [0.1, 0.15) is 17.0 Å². The standard InChI is InChI=1S/C18H21FN2O3S/c1-24-16-5-12(4-15(19)6-16)7-20-18(23)21-8-14(10-22)17(9-21)13-2-3-25-11-13/h2-6,11,14,17,22H,7-10H2,1H3,(H,20,23)/t14-,17-/m0/s1. The van der Waals surface area contributed by atoms with E-state index < -0.39 is 5.82 Å². The smallest absolute Gasteiger partial charge is 0.317 e. The van der Waals surface area contributed by atoms with Crippen LogP contribution in [0, 0.1) is 11.7 Å². The predicted molar refractivity (Wildman–Crippen MR) is 94.4 cm³/mol. The average Bonchev–Trinajstić information content (AvgIpc) is 3.27. The Morgan fingerprint density at radius 2 is 2.28 bits per heavy atom. The van der Waals surface area contributed by atoms with E-state index in [2.05, 4.69) is 10.7 Å². The molecule has 0 saturated carbocycles. The maximum atomic E-state index is 13.5. The lowest BCUT2D eigenvalue weighted by Gasteiger charge is -2.17. The van der Waals surface area contributed by atoms with Gasteiger partial charge < -0.3 is 20.1 Å². The maximum absolute atomic E-state index is 13.5. The molecule has 2 amide bonds. The monoisotopic (exact) mass is 364 g/mol. The highest BCUT2D eigenvalue weighted by molar-refractivity contribution is 7.08. The molecule has 0 aliphatic carbocycles. The molecular formula is C18H21FN2O3S. The van der Waals surface area contributed by atoms with Gasteiger partial charge in [-0.25, -0.2) is 9.18 Å². The van der Waals surface area contributed by atoms with Gasteiger partial charge in [-0.3, -0.25) is 0 Å². The number of nitrogens with one attached hydrogen (secondary N) is 1. The Bertz CT molecular complexity index is 723. The largest absolute Gasteiger partial charge is 0.497 e. The van der Waals surface area contributed by atoms with Crippen molar-refractivity contribution in [1.29, 1.82) is 0 Å². The van der Waals surface area contributed by atoms with Crippen LogP contribution in [0.5, 0.6) is 5.75 Å². The third kappa shape index (κ3) is 4.11. The molecule has 1 fully saturated rings. The molecule has 1 aliphatic rings. The number of hydrogen-bond donors (Lipinski definition) is 2. The van der Waals surface area contributed by atoms with E-state index in [-0.39, 0.29) is 31.0 Å². The number of aliphatic hydroxyl groups is 1. The number of likely N-dealkylation sites (tertiary alicyclic amines) is 1. The number of benzene rings is 1. The summed E-state index contributed by atoms with van der Waals surface area (Å²) in [5.41, 5.74) is 1.80. The van der Waals surface area contributed by atoms with Crippen molar-refractivity contribution in [3.05, 3.63) is 52.0 Å². The van der Waals surface area contributed by atoms with E-state index in [9.17, 15) is 14.3 Å². The Morgan fingerprint density at radius 1 is 1.44 bits per heavy atom. The van der Waals surface area contributed by atoms with Crippen LogP contribution >= 0.6 is 11.3 Å². The summed E-state index contributed by atoms with van der Waals surface area (Å²) in [6.45, 7) is 1.34. The van der Waals surface area contributed by atoms with E-state index >= 15 is 0 Å². The first-order valence-corrected chi connectivity index (χ1v) is 9.04. The molecule has 1 aromatic heterocycles. The van der Waals surface area contributed by atoms with Crippen molar-refractivity contribution in [2.24, 2.45) is 5.92 Å². The number of aliphatic hydroxyl groups excluding tert-OH is 1. The molecule has 7 heteroatoms. The van der Waals surface area contributed by atoms with Crippen molar-refractivity contribution in [2.45, 2.75) is 12.5 Å². The van der Waals surface area contributed by atoms with Crippen molar-refractivity contribution in [3.63, 3.8) is 0 Å². The van der Waals surface area contributed by atoms with Gasteiger partial charge in [-0.2, -0.15) is 11.3 Å². The number of rotatable bonds is 5. The number of carbonyl (C=O) groups is 1. The Balaban J connectivity index is 1.61. The van der Waals surface area contributed by atoms with Gasteiger partial charge >= 0.3 is 6.03 Å². The van der Waals surface area contributed by atoms with Crippen LogP contribution in [0.3, 0.4) is 0 Å². The molecular weight excluding hydrogens is 343 g/mol. The summed E-state index contributed by atoms with van der Waals surface area (Å²) in [5.74, 6) is 0.205. The number of methoxy groups -OCH3 is 1. The second-order valence-corrected chi connectivity index (χ2v) is 6.95. The number of carbonyl (C=O) groups excluding carboxylic acids is 1. The Morgan fingerprint density at radius 3 is 2.96 bits per heavy atom. The number of ether oxygens (including phenoxy) is 1. The van der Waals surface area contributed by atoms with E-state index in [1.54, 1.807) is 22.3 Å². The molecule has 1 aliphatic heterocycles. The summed E-state index contributed by atoms with van der Waals surface area (Å²) in [4.78, 5) is 14.2. The fourth-order valence-electron chi connectivity index (χ4n) is 3.22. The Hall–Kier alpha value is -2.12. The highest BCUT2D eigenvalue weighted by Crippen LogP contribution is 2.33. The minimum Gasteiger partial charge on any atom is -0.497 e. The molecule has 0 spiro atoms. The van der Waals surface area contributed by atoms with Crippen LogP contribution in [-0.4, -0.2) is 42.8 Å². The number of urea groups is 1. The summed E-state index contributed by atoms with van der Waals surface area (Å²) >= 11 is 1.61. The second-order valence-electron chi connectivity index (χ2n) is 6.17. The summed E-state index contributed by atoms with van der Waals surface area (Å²) < 4.78 is 18.6. The fourth-order valence-corrected chi connectivity index (χ4v) is 3.94. The van der Waals surface area contributed by atoms with Crippen LogP contribution < -0.4 is 10.1 Å². The molecule has 2 aromatic rings. The normalized spacial score (nSPS) is 19.9. The quantitative estimate of drug-likeness (QED) is 0.858. The van der Waals surface area contributed by atoms with Crippen molar-refractivity contribution >= 4 is 17.4 Å². The minimum absolute atomic E-state index is 0.0367. The van der Waals surface area contributed by atoms with Crippen LogP contribution in [-0.2, 0) is 6.54 Å². The first kappa shape index (κ1) is 17.7. The van der Waals surface area contributed by atoms with Gasteiger partial charge in [-0.15, -0.1) is 0 Å². The summed E-state index contributed by atoms with van der Waals surface area (Å²) in [6.07, 6.45) is 0. The van der Waals surface area contributed by atoms with Crippen molar-refractivity contribution in [1.82, 2.24) is 10.2 Å². The van der Waals surface area contributed by atoms with Gasteiger partial charge in [0.15, 0.2) is 0 Å². The van der Waals surface area contributed by atoms with Gasteiger partial charge in [0.25, 0.3) is 0 Å². The molecule has 0 bridgehead atoms. The minimum atomic E-state index is -0.400. The zero-order valence-corrected chi connectivity index (χ0v) is 14.8. The summed E-state index contributed by atoms with van der Waals surface area (Å²) in [7, 11) is 1.47. The van der Waals surface area contributed by atoms with E-state index in [4.69, 9.17) is 4.74 Å². The van der Waals surface area contributed by atoms with Crippen molar-refractivity contribution in [2.75, 3.05) is 26.8 Å². The number of nitrogens with zero attached hydrogens (tertiary/aromatic N) is 1. The lowest BCUT2D eigenvalue weighted by molar-refractivity contribution is 0.197. The second kappa shape index (κ2) is 7.84. The number of amides is 2. The zero-order valence-electron chi connectivity index (χ0n) is 13.9. The molecule has 1 aromatic carbocycles. The van der Waals surface area contributed by atoms with Crippen molar-refractivity contribution < 1.29 is 19.0 Å². The molecule has 134 valence electrons. The van der Waals surface area contributed by atoms with Gasteiger partial charge in [-0.1, -0.05) is 0 Å². The van der Waals surface area contributed by atoms with Gasteiger partial charge in [-0.05, 0) is 40.1 Å². The molecule has 2 atom stereocenters. The Labute approximate surface area is 150 Å². The van der Waals surface area contributed by atoms with Crippen molar-refractivity contribution in [3.8, 4) is 5.75 Å². The third-order valence-electron chi connectivity index (χ3n) is 4.54. The highest BCUT2D eigenvalue weighted by Gasteiger charge is 2.35. The molecule has 25 heavy (non-hydrogen) atoms. The predicted octanol–water partition coefficient (Wildman–Crippen LogP) is 2.81. The zero-order chi connectivity index (χ0) is 17.8. The molecule has 2 N–H and O–H groups in total. The summed E-state index contributed by atoms with van der Waals surface area (Å²) in [6, 6.07) is 6.19. The summed E-state index contributed by atoms with van der Waals surface area (Å²) in [5, 5.41) is 16.5. The molecule has 2 heterocycles. The first-order chi connectivity index (χ1) is 12.1. The van der Waals surface area contributed by atoms with E-state index in [0.717, 1.165) is 5.56 Å².